The van der Waals surface area contributed by atoms with Crippen LogP contribution in [-0.4, -0.2) is 56.7 Å². The molecule has 2 aromatic heterocycles. The van der Waals surface area contributed by atoms with Gasteiger partial charge in [-0.1, -0.05) is 6.07 Å². The molecule has 176 valence electrons. The van der Waals surface area contributed by atoms with Crippen molar-refractivity contribution in [2.45, 2.75) is 51.6 Å². The smallest absolute Gasteiger partial charge is 0.276 e. The second-order valence-electron chi connectivity index (χ2n) is 11.7. The minimum absolute atomic E-state index is 0.0422. The molecule has 4 saturated carbocycles. The highest BCUT2D eigenvalue weighted by atomic mass is 19.1. The van der Waals surface area contributed by atoms with Gasteiger partial charge in [0.15, 0.2) is 6.80 Å². The van der Waals surface area contributed by atoms with E-state index in [-0.39, 0.29) is 23.6 Å². The summed E-state index contributed by atoms with van der Waals surface area (Å²) in [6.45, 7) is 2.54. The number of hydrogen-bond acceptors (Lipinski definition) is 4. The average Bonchev–Trinajstić information content (AvgIpc) is 3.59. The molecule has 8 heteroatoms. The molecular weight excluding hydrogens is 423 g/mol. The fraction of sp³-hybridized carbons (Fsp3) is 0.640. The van der Waals surface area contributed by atoms with Crippen LogP contribution in [0.2, 0.25) is 0 Å². The molecule has 2 N–H and O–H groups in total. The van der Waals surface area contributed by atoms with Gasteiger partial charge in [-0.2, -0.15) is 0 Å². The molecule has 4 aliphatic rings. The third-order valence-corrected chi connectivity index (χ3v) is 8.60. The molecule has 33 heavy (non-hydrogen) atoms. The SMILES string of the molecule is CC(C)(O)CN(CF)C(=O)c1cn2c(C(=O)NCC34CC5CC5C5(CC5C3)C4)cccc2n1. The van der Waals surface area contributed by atoms with Gasteiger partial charge in [-0.3, -0.25) is 14.0 Å². The Morgan fingerprint density at radius 2 is 2.15 bits per heavy atom. The number of amides is 2. The molecule has 2 amide bonds. The lowest BCUT2D eigenvalue weighted by Crippen LogP contribution is -2.42. The number of halogens is 1. The summed E-state index contributed by atoms with van der Waals surface area (Å²) in [5.41, 5.74) is 0.524. The largest absolute Gasteiger partial charge is 0.389 e. The molecule has 1 spiro atoms. The van der Waals surface area contributed by atoms with Crippen molar-refractivity contribution in [3.63, 3.8) is 0 Å². The van der Waals surface area contributed by atoms with Gasteiger partial charge in [0.05, 0.1) is 12.1 Å². The summed E-state index contributed by atoms with van der Waals surface area (Å²) in [6, 6.07) is 5.17. The van der Waals surface area contributed by atoms with E-state index in [0.29, 0.717) is 23.3 Å². The minimum Gasteiger partial charge on any atom is -0.389 e. The molecular formula is C25H31FN4O3. The number of nitrogens with zero attached hydrogens (tertiary/aromatic N) is 3. The van der Waals surface area contributed by atoms with Crippen LogP contribution in [0.15, 0.2) is 24.4 Å². The number of hydrogen-bond donors (Lipinski definition) is 2. The summed E-state index contributed by atoms with van der Waals surface area (Å²) in [5.74, 6) is 1.91. The van der Waals surface area contributed by atoms with Crippen LogP contribution in [0.1, 0.15) is 66.9 Å². The Morgan fingerprint density at radius 1 is 1.33 bits per heavy atom. The van der Waals surface area contributed by atoms with Crippen molar-refractivity contribution in [1.29, 1.82) is 0 Å². The Kier molecular flexibility index (Phi) is 4.33. The summed E-state index contributed by atoms with van der Waals surface area (Å²) < 4.78 is 15.1. The number of imidazole rings is 1. The molecule has 2 heterocycles. The maximum Gasteiger partial charge on any atom is 0.276 e. The molecule has 7 nitrogen and oxygen atoms in total. The molecule has 4 aliphatic carbocycles. The first-order chi connectivity index (χ1) is 15.6. The topological polar surface area (TPSA) is 86.9 Å². The highest BCUT2D eigenvalue weighted by Gasteiger charge is 2.76. The molecule has 5 atom stereocenters. The molecule has 5 unspecified atom stereocenters. The summed E-state index contributed by atoms with van der Waals surface area (Å²) in [4.78, 5) is 31.2. The molecule has 0 saturated heterocycles. The molecule has 0 radical (unpaired) electrons. The number of carbonyl (C=O) groups is 2. The van der Waals surface area contributed by atoms with Crippen molar-refractivity contribution in [3.8, 4) is 0 Å². The first kappa shape index (κ1) is 21.1. The Balaban J connectivity index is 1.19. The van der Waals surface area contributed by atoms with Crippen LogP contribution in [0.4, 0.5) is 4.39 Å². The minimum atomic E-state index is -1.23. The zero-order chi connectivity index (χ0) is 23.2. The van der Waals surface area contributed by atoms with Crippen molar-refractivity contribution < 1.29 is 19.1 Å². The Morgan fingerprint density at radius 3 is 2.91 bits per heavy atom. The van der Waals surface area contributed by atoms with Crippen LogP contribution >= 0.6 is 0 Å². The highest BCUT2D eigenvalue weighted by molar-refractivity contribution is 5.95. The van der Waals surface area contributed by atoms with Gasteiger partial charge in [-0.05, 0) is 86.7 Å². The normalized spacial score (nSPS) is 33.4. The van der Waals surface area contributed by atoms with Crippen molar-refractivity contribution in [3.05, 3.63) is 35.8 Å². The van der Waals surface area contributed by atoms with Gasteiger partial charge >= 0.3 is 0 Å². The molecule has 0 aromatic carbocycles. The van der Waals surface area contributed by atoms with Crippen LogP contribution in [0.5, 0.6) is 0 Å². The fourth-order valence-corrected chi connectivity index (χ4v) is 7.32. The lowest BCUT2D eigenvalue weighted by Gasteiger charge is -2.36. The van der Waals surface area contributed by atoms with Crippen LogP contribution in [-0.2, 0) is 0 Å². The zero-order valence-electron chi connectivity index (χ0n) is 19.2. The lowest BCUT2D eigenvalue weighted by atomic mass is 9.71. The van der Waals surface area contributed by atoms with Gasteiger partial charge in [0, 0.05) is 12.7 Å². The maximum atomic E-state index is 13.5. The van der Waals surface area contributed by atoms with Gasteiger partial charge in [0.2, 0.25) is 0 Å². The predicted octanol–water partition coefficient (Wildman–Crippen LogP) is 3.03. The van der Waals surface area contributed by atoms with Gasteiger partial charge in [-0.15, -0.1) is 0 Å². The number of rotatable bonds is 7. The van der Waals surface area contributed by atoms with Crippen molar-refractivity contribution in [2.24, 2.45) is 28.6 Å². The third kappa shape index (κ3) is 3.36. The highest BCUT2D eigenvalue weighted by Crippen LogP contribution is 2.83. The molecule has 0 aliphatic heterocycles. The van der Waals surface area contributed by atoms with Crippen LogP contribution in [0, 0.1) is 28.6 Å². The van der Waals surface area contributed by atoms with E-state index in [1.807, 2.05) is 0 Å². The number of aliphatic hydroxyl groups is 1. The molecule has 2 aromatic rings. The first-order valence-corrected chi connectivity index (χ1v) is 12.0. The van der Waals surface area contributed by atoms with E-state index in [2.05, 4.69) is 10.3 Å². The van der Waals surface area contributed by atoms with E-state index in [0.717, 1.165) is 22.7 Å². The predicted molar refractivity (Wildman–Crippen MR) is 119 cm³/mol. The van der Waals surface area contributed by atoms with Gasteiger partial charge in [-0.25, -0.2) is 9.37 Å². The number of alkyl halides is 1. The van der Waals surface area contributed by atoms with Crippen molar-refractivity contribution in [2.75, 3.05) is 19.9 Å². The number of aromatic nitrogens is 2. The maximum absolute atomic E-state index is 13.5. The lowest BCUT2D eigenvalue weighted by molar-refractivity contribution is 0.0191. The number of fused-ring (bicyclic) bond motifs is 3. The van der Waals surface area contributed by atoms with Crippen molar-refractivity contribution in [1.82, 2.24) is 19.6 Å². The third-order valence-electron chi connectivity index (χ3n) is 8.60. The molecule has 4 fully saturated rings. The van der Waals surface area contributed by atoms with E-state index in [9.17, 15) is 19.1 Å². The van der Waals surface area contributed by atoms with Crippen LogP contribution < -0.4 is 5.32 Å². The second-order valence-corrected chi connectivity index (χ2v) is 11.7. The first-order valence-electron chi connectivity index (χ1n) is 12.0. The number of nitrogens with one attached hydrogen (secondary N) is 1. The Bertz CT molecular complexity index is 1150. The fourth-order valence-electron chi connectivity index (χ4n) is 7.32. The van der Waals surface area contributed by atoms with Crippen LogP contribution in [0.25, 0.3) is 5.65 Å². The number of carbonyl (C=O) groups excluding carboxylic acids is 2. The van der Waals surface area contributed by atoms with Gasteiger partial charge < -0.3 is 15.3 Å². The van der Waals surface area contributed by atoms with Crippen molar-refractivity contribution >= 4 is 17.5 Å². The Labute approximate surface area is 192 Å². The van der Waals surface area contributed by atoms with E-state index in [1.54, 1.807) is 22.6 Å². The van der Waals surface area contributed by atoms with Crippen LogP contribution in [0.3, 0.4) is 0 Å². The Hall–Kier alpha value is -2.48. The second kappa shape index (κ2) is 6.78. The molecule has 2 bridgehead atoms. The van der Waals surface area contributed by atoms with Gasteiger partial charge in [0.25, 0.3) is 11.8 Å². The molecule has 6 rings (SSSR count). The van der Waals surface area contributed by atoms with Gasteiger partial charge in [0.1, 0.15) is 17.0 Å². The van der Waals surface area contributed by atoms with E-state index < -0.39 is 18.3 Å². The van der Waals surface area contributed by atoms with E-state index in [1.165, 1.54) is 52.1 Å². The standard InChI is InChI=1S/C25H31FN4O3/c1-23(2,33)13-29(14-26)22(32)18-10-30-19(4-3-5-20(30)28-18)21(31)27-12-24-7-15-6-17(15)25(11-24)9-16(25)8-24/h3-5,10,15-17,33H,6-9,11-14H2,1-2H3,(H,27,31). The quantitative estimate of drug-likeness (QED) is 0.630. The monoisotopic (exact) mass is 454 g/mol. The summed E-state index contributed by atoms with van der Waals surface area (Å²) in [7, 11) is 0. The summed E-state index contributed by atoms with van der Waals surface area (Å²) in [6.07, 6.45) is 8.02. The average molecular weight is 455 g/mol. The summed E-state index contributed by atoms with van der Waals surface area (Å²) >= 11 is 0. The zero-order valence-corrected chi connectivity index (χ0v) is 19.2. The summed E-state index contributed by atoms with van der Waals surface area (Å²) in [5, 5.41) is 13.2. The number of pyridine rings is 1. The van der Waals surface area contributed by atoms with E-state index >= 15 is 0 Å². The van der Waals surface area contributed by atoms with E-state index in [4.69, 9.17) is 0 Å².